The summed E-state index contributed by atoms with van der Waals surface area (Å²) >= 11 is 0. The van der Waals surface area contributed by atoms with Crippen molar-refractivity contribution < 1.29 is 10.2 Å². The Bertz CT molecular complexity index is 765. The molecule has 2 N–H and O–H groups in total. The third-order valence-electron chi connectivity index (χ3n) is 5.73. The fourth-order valence-corrected chi connectivity index (χ4v) is 4.44. The monoisotopic (exact) mass is 346 g/mol. The van der Waals surface area contributed by atoms with Gasteiger partial charge in [0.2, 0.25) is 0 Å². The van der Waals surface area contributed by atoms with E-state index in [1.54, 1.807) is 24.3 Å². The molecule has 0 spiro atoms. The van der Waals surface area contributed by atoms with Gasteiger partial charge < -0.3 is 10.2 Å². The molecule has 0 aromatic heterocycles. The molecule has 2 aromatic rings. The van der Waals surface area contributed by atoms with Crippen LogP contribution in [0.2, 0.25) is 0 Å². The van der Waals surface area contributed by atoms with Crippen molar-refractivity contribution in [3.63, 3.8) is 0 Å². The highest BCUT2D eigenvalue weighted by Gasteiger charge is 2.23. The largest absolute Gasteiger partial charge is 0.508 e. The van der Waals surface area contributed by atoms with Gasteiger partial charge in [-0.1, -0.05) is 24.3 Å². The first-order valence-corrected chi connectivity index (χ1v) is 9.75. The zero-order valence-corrected chi connectivity index (χ0v) is 15.2. The molecule has 0 unspecified atom stereocenters. The predicted octanol–water partition coefficient (Wildman–Crippen LogP) is 6.45. The number of benzene rings is 2. The maximum Gasteiger partial charge on any atom is 0.115 e. The van der Waals surface area contributed by atoms with Gasteiger partial charge in [0.1, 0.15) is 11.5 Å². The van der Waals surface area contributed by atoms with Gasteiger partial charge >= 0.3 is 0 Å². The molecule has 4 rings (SSSR count). The minimum Gasteiger partial charge on any atom is -0.508 e. The van der Waals surface area contributed by atoms with Crippen molar-refractivity contribution in [1.82, 2.24) is 0 Å². The van der Waals surface area contributed by atoms with Crippen LogP contribution in [-0.4, -0.2) is 10.2 Å². The van der Waals surface area contributed by atoms with Crippen LogP contribution in [-0.2, 0) is 0 Å². The van der Waals surface area contributed by atoms with Crippen LogP contribution in [0, 0.1) is 0 Å². The van der Waals surface area contributed by atoms with E-state index in [-0.39, 0.29) is 0 Å². The summed E-state index contributed by atoms with van der Waals surface area (Å²) in [5.41, 5.74) is 8.49. The van der Waals surface area contributed by atoms with Crippen molar-refractivity contribution in [3.05, 3.63) is 70.8 Å². The number of allylic oxidation sites excluding steroid dienone is 4. The second-order valence-corrected chi connectivity index (χ2v) is 7.42. The summed E-state index contributed by atoms with van der Waals surface area (Å²) in [5.74, 6) is 0.654. The molecule has 0 saturated heterocycles. The minimum atomic E-state index is 0.327. The van der Waals surface area contributed by atoms with E-state index in [0.717, 1.165) is 25.7 Å². The van der Waals surface area contributed by atoms with Crippen LogP contribution in [0.1, 0.15) is 62.5 Å². The molecule has 2 aromatic carbocycles. The van der Waals surface area contributed by atoms with E-state index in [9.17, 15) is 10.2 Å². The molecule has 2 aliphatic carbocycles. The van der Waals surface area contributed by atoms with Gasteiger partial charge in [-0.3, -0.25) is 0 Å². The molecule has 0 aliphatic heterocycles. The lowest BCUT2D eigenvalue weighted by atomic mass is 9.77. The van der Waals surface area contributed by atoms with Gasteiger partial charge in [-0.25, -0.2) is 0 Å². The Balaban J connectivity index is 1.84. The Morgan fingerprint density at radius 1 is 0.423 bits per heavy atom. The number of phenolic OH excluding ortho intramolecular Hbond substituents is 2. The Kier molecular flexibility index (Phi) is 4.83. The normalized spacial score (nSPS) is 18.3. The van der Waals surface area contributed by atoms with Gasteiger partial charge in [0.15, 0.2) is 0 Å². The second-order valence-electron chi connectivity index (χ2n) is 7.42. The molecule has 0 heterocycles. The highest BCUT2D eigenvalue weighted by molar-refractivity contribution is 5.81. The van der Waals surface area contributed by atoms with E-state index >= 15 is 0 Å². The Morgan fingerprint density at radius 3 is 1.08 bits per heavy atom. The van der Waals surface area contributed by atoms with Gasteiger partial charge in [0.25, 0.3) is 0 Å². The Morgan fingerprint density at radius 2 is 0.731 bits per heavy atom. The number of aromatic hydroxyl groups is 2. The van der Waals surface area contributed by atoms with Crippen LogP contribution in [0.15, 0.2) is 59.7 Å². The lowest BCUT2D eigenvalue weighted by molar-refractivity contribution is 0.474. The maximum atomic E-state index is 9.64. The molecular formula is C24H26O2. The van der Waals surface area contributed by atoms with Crippen molar-refractivity contribution in [1.29, 1.82) is 0 Å². The predicted molar refractivity (Wildman–Crippen MR) is 107 cm³/mol. The highest BCUT2D eigenvalue weighted by Crippen LogP contribution is 2.44. The maximum absolute atomic E-state index is 9.64. The molecule has 2 heteroatoms. The number of rotatable bonds is 3. The van der Waals surface area contributed by atoms with Crippen LogP contribution < -0.4 is 0 Å². The van der Waals surface area contributed by atoms with Crippen molar-refractivity contribution >= 4 is 11.1 Å². The first kappa shape index (κ1) is 17.0. The molecule has 0 saturated carbocycles. The first-order chi connectivity index (χ1) is 12.7. The molecule has 0 bridgehead atoms. The molecule has 134 valence electrons. The van der Waals surface area contributed by atoms with Gasteiger partial charge in [0.05, 0.1) is 0 Å². The van der Waals surface area contributed by atoms with Crippen molar-refractivity contribution in [2.24, 2.45) is 0 Å². The number of hydrogen-bond donors (Lipinski definition) is 2. The Labute approximate surface area is 155 Å². The van der Waals surface area contributed by atoms with Crippen molar-refractivity contribution in [3.8, 4) is 11.5 Å². The topological polar surface area (TPSA) is 40.5 Å². The summed E-state index contributed by atoms with van der Waals surface area (Å²) in [5, 5.41) is 19.3. The molecule has 0 atom stereocenters. The fraction of sp³-hybridized carbons (Fsp3) is 0.333. The molecule has 0 fully saturated rings. The van der Waals surface area contributed by atoms with Crippen LogP contribution in [0.3, 0.4) is 0 Å². The highest BCUT2D eigenvalue weighted by atomic mass is 16.3. The Hall–Kier alpha value is -2.48. The van der Waals surface area contributed by atoms with Crippen molar-refractivity contribution in [2.75, 3.05) is 0 Å². The van der Waals surface area contributed by atoms with E-state index < -0.39 is 0 Å². The average molecular weight is 346 g/mol. The lowest BCUT2D eigenvalue weighted by Crippen LogP contribution is -2.08. The molecular weight excluding hydrogens is 320 g/mol. The molecule has 0 amide bonds. The lowest BCUT2D eigenvalue weighted by Gasteiger charge is -2.28. The van der Waals surface area contributed by atoms with E-state index in [4.69, 9.17) is 0 Å². The molecule has 2 nitrogen and oxygen atoms in total. The third kappa shape index (κ3) is 3.41. The summed E-state index contributed by atoms with van der Waals surface area (Å²) in [4.78, 5) is 0. The fourth-order valence-electron chi connectivity index (χ4n) is 4.44. The van der Waals surface area contributed by atoms with E-state index in [2.05, 4.69) is 24.3 Å². The van der Waals surface area contributed by atoms with Crippen molar-refractivity contribution in [2.45, 2.75) is 51.4 Å². The molecule has 2 aliphatic rings. The number of phenols is 2. The molecule has 26 heavy (non-hydrogen) atoms. The van der Waals surface area contributed by atoms with Gasteiger partial charge in [-0.2, -0.15) is 0 Å². The van der Waals surface area contributed by atoms with E-state index in [0.29, 0.717) is 11.5 Å². The minimum absolute atomic E-state index is 0.327. The summed E-state index contributed by atoms with van der Waals surface area (Å²) < 4.78 is 0. The van der Waals surface area contributed by atoms with Crippen LogP contribution >= 0.6 is 0 Å². The van der Waals surface area contributed by atoms with E-state index in [1.807, 2.05) is 0 Å². The number of hydrogen-bond acceptors (Lipinski definition) is 2. The van der Waals surface area contributed by atoms with E-state index in [1.165, 1.54) is 59.1 Å². The summed E-state index contributed by atoms with van der Waals surface area (Å²) in [7, 11) is 0. The van der Waals surface area contributed by atoms with Crippen LogP contribution in [0.4, 0.5) is 0 Å². The van der Waals surface area contributed by atoms with Crippen LogP contribution in [0.25, 0.3) is 11.1 Å². The standard InChI is InChI=1S/C24H26O2/c25-19-13-9-17(10-14-19)21-5-1-3-7-23(21)24-8-4-2-6-22(24)18-11-15-20(26)16-12-18/h9-16,25-26H,1-8H2. The van der Waals surface area contributed by atoms with Gasteiger partial charge in [-0.15, -0.1) is 0 Å². The quantitative estimate of drug-likeness (QED) is 0.670. The van der Waals surface area contributed by atoms with Crippen LogP contribution in [0.5, 0.6) is 11.5 Å². The average Bonchev–Trinajstić information content (AvgIpc) is 2.69. The zero-order valence-electron chi connectivity index (χ0n) is 15.2. The molecule has 0 radical (unpaired) electrons. The summed E-state index contributed by atoms with van der Waals surface area (Å²) in [6.45, 7) is 0. The third-order valence-corrected chi connectivity index (χ3v) is 5.73. The second kappa shape index (κ2) is 7.41. The summed E-state index contributed by atoms with van der Waals surface area (Å²) in [6, 6.07) is 15.4. The smallest absolute Gasteiger partial charge is 0.115 e. The van der Waals surface area contributed by atoms with Gasteiger partial charge in [-0.05, 0) is 109 Å². The van der Waals surface area contributed by atoms with Gasteiger partial charge in [0, 0.05) is 0 Å². The SMILES string of the molecule is Oc1ccc(C2=C(C3=C(c4ccc(O)cc4)CCCC3)CCCC2)cc1. The first-order valence-electron chi connectivity index (χ1n) is 9.75. The zero-order chi connectivity index (χ0) is 17.9. The summed E-state index contributed by atoms with van der Waals surface area (Å²) in [6.07, 6.45) is 9.51.